The number of benzene rings is 2. The number of hydrogen-bond donors (Lipinski definition) is 3. The molecule has 0 unspecified atom stereocenters. The van der Waals surface area contributed by atoms with Crippen LogP contribution in [0.1, 0.15) is 51.8 Å². The Morgan fingerprint density at radius 3 is 2.53 bits per heavy atom. The number of ether oxygens (including phenoxy) is 1. The number of rotatable bonds is 8. The lowest BCUT2D eigenvalue weighted by Gasteiger charge is -2.25. The molecule has 0 saturated heterocycles. The van der Waals surface area contributed by atoms with E-state index in [2.05, 4.69) is 9.82 Å². The van der Waals surface area contributed by atoms with Crippen molar-refractivity contribution >= 4 is 27.6 Å². The highest BCUT2D eigenvalue weighted by molar-refractivity contribution is 7.89. The van der Waals surface area contributed by atoms with E-state index in [0.717, 1.165) is 12.7 Å². The molecule has 3 rings (SSSR count). The highest BCUT2D eigenvalue weighted by Crippen LogP contribution is 2.38. The second-order valence-electron chi connectivity index (χ2n) is 7.50. The normalized spacial score (nSPS) is 13.5. The van der Waals surface area contributed by atoms with E-state index in [0.29, 0.717) is 5.56 Å². The molecule has 3 N–H and O–H groups in total. The minimum Gasteiger partial charge on any atom is -0.495 e. The van der Waals surface area contributed by atoms with Crippen LogP contribution in [0.2, 0.25) is 5.02 Å². The number of carbonyl (C=O) groups is 1. The van der Waals surface area contributed by atoms with Crippen molar-refractivity contribution in [3.63, 3.8) is 0 Å². The van der Waals surface area contributed by atoms with Crippen molar-refractivity contribution in [1.82, 2.24) is 14.9 Å². The molecule has 0 bridgehead atoms. The summed E-state index contributed by atoms with van der Waals surface area (Å²) in [6, 6.07) is 3.78. The van der Waals surface area contributed by atoms with Gasteiger partial charge in [0.2, 0.25) is 15.9 Å². The lowest BCUT2D eigenvalue weighted by atomic mass is 9.88. The number of H-pyrrole nitrogens is 1. The Balaban J connectivity index is 2.22. The van der Waals surface area contributed by atoms with Crippen molar-refractivity contribution in [2.75, 3.05) is 7.11 Å². The second kappa shape index (κ2) is 9.57. The summed E-state index contributed by atoms with van der Waals surface area (Å²) >= 11 is 5.98. The maximum absolute atomic E-state index is 14.8. The van der Waals surface area contributed by atoms with Gasteiger partial charge in [0.05, 0.1) is 12.1 Å². The van der Waals surface area contributed by atoms with Gasteiger partial charge in [-0.05, 0) is 48.7 Å². The van der Waals surface area contributed by atoms with Crippen molar-refractivity contribution in [1.29, 1.82) is 0 Å². The number of aryl methyl sites for hydroxylation is 1. The van der Waals surface area contributed by atoms with E-state index in [9.17, 15) is 27.5 Å². The third kappa shape index (κ3) is 4.69. The number of nitrogens with one attached hydrogen (secondary N) is 2. The predicted octanol–water partition coefficient (Wildman–Crippen LogP) is 3.30. The summed E-state index contributed by atoms with van der Waals surface area (Å²) in [4.78, 5) is 22.7. The number of methoxy groups -OCH3 is 1. The van der Waals surface area contributed by atoms with Crippen LogP contribution in [0.5, 0.6) is 5.75 Å². The van der Waals surface area contributed by atoms with Crippen molar-refractivity contribution in [3.8, 4) is 5.75 Å². The fourth-order valence-electron chi connectivity index (χ4n) is 3.66. The number of carboxylic acid groups (broad SMARTS) is 1. The molecule has 0 aliphatic rings. The van der Waals surface area contributed by atoms with Gasteiger partial charge < -0.3 is 14.3 Å². The molecule has 182 valence electrons. The standard InChI is InChI=1S/C21H21ClFN3O7S/c1-9-5-7-13(23)15(10(9)2)11(3)17(19-24-25-21(29)33-19)26-34(30,31)18-14(32-4)8-6-12(22)16(18)20(27)28/h5-8,11,17,26H,1-4H3,(H,25,29)(H,27,28)/t11-,17-/m0/s1. The zero-order chi connectivity index (χ0) is 25.4. The summed E-state index contributed by atoms with van der Waals surface area (Å²) < 4.78 is 54.2. The number of hydrogen-bond acceptors (Lipinski definition) is 7. The minimum absolute atomic E-state index is 0.162. The maximum Gasteiger partial charge on any atom is 0.434 e. The molecular weight excluding hydrogens is 493 g/mol. The number of aromatic amines is 1. The average Bonchev–Trinajstić information content (AvgIpc) is 3.20. The fourth-order valence-corrected chi connectivity index (χ4v) is 5.60. The third-order valence-corrected chi connectivity index (χ3v) is 7.29. The van der Waals surface area contributed by atoms with Crippen LogP contribution in [0.15, 0.2) is 38.4 Å². The topological polar surface area (TPSA) is 152 Å². The molecule has 0 spiro atoms. The Morgan fingerprint density at radius 2 is 1.97 bits per heavy atom. The first-order valence-corrected chi connectivity index (χ1v) is 11.7. The molecule has 1 heterocycles. The Kier molecular flexibility index (Phi) is 7.15. The summed E-state index contributed by atoms with van der Waals surface area (Å²) in [5.41, 5.74) is 0.746. The van der Waals surface area contributed by atoms with Gasteiger partial charge in [-0.15, -0.1) is 5.10 Å². The van der Waals surface area contributed by atoms with E-state index in [-0.39, 0.29) is 22.2 Å². The van der Waals surface area contributed by atoms with Crippen LogP contribution in [0.4, 0.5) is 4.39 Å². The molecule has 1 aromatic heterocycles. The fraction of sp³-hybridized carbons (Fsp3) is 0.286. The molecule has 0 aliphatic heterocycles. The van der Waals surface area contributed by atoms with Crippen LogP contribution >= 0.6 is 11.6 Å². The van der Waals surface area contributed by atoms with Gasteiger partial charge in [0, 0.05) is 5.92 Å². The number of nitrogens with zero attached hydrogens (tertiary/aromatic N) is 1. The van der Waals surface area contributed by atoms with E-state index in [1.807, 2.05) is 5.10 Å². The molecular formula is C21H21ClFN3O7S. The van der Waals surface area contributed by atoms with Gasteiger partial charge in [0.25, 0.3) is 0 Å². The predicted molar refractivity (Wildman–Crippen MR) is 119 cm³/mol. The van der Waals surface area contributed by atoms with Crippen molar-refractivity contribution < 1.29 is 31.9 Å². The van der Waals surface area contributed by atoms with E-state index < -0.39 is 50.0 Å². The molecule has 0 radical (unpaired) electrons. The number of aromatic nitrogens is 2. The van der Waals surface area contributed by atoms with Crippen molar-refractivity contribution in [2.24, 2.45) is 0 Å². The van der Waals surface area contributed by atoms with Gasteiger partial charge in [-0.3, -0.25) is 0 Å². The van der Waals surface area contributed by atoms with Gasteiger partial charge in [-0.1, -0.05) is 24.6 Å². The Hall–Kier alpha value is -3.22. The van der Waals surface area contributed by atoms with Crippen LogP contribution < -0.4 is 15.2 Å². The Bertz CT molecular complexity index is 1420. The Labute approximate surface area is 198 Å². The Morgan fingerprint density at radius 1 is 1.29 bits per heavy atom. The first-order chi connectivity index (χ1) is 15.9. The molecule has 34 heavy (non-hydrogen) atoms. The minimum atomic E-state index is -4.71. The van der Waals surface area contributed by atoms with Gasteiger partial charge in [-0.25, -0.2) is 27.5 Å². The van der Waals surface area contributed by atoms with E-state index >= 15 is 0 Å². The molecule has 0 amide bonds. The molecule has 0 aliphatic carbocycles. The quantitative estimate of drug-likeness (QED) is 0.415. The smallest absolute Gasteiger partial charge is 0.434 e. The largest absolute Gasteiger partial charge is 0.495 e. The van der Waals surface area contributed by atoms with Crippen LogP contribution in [0.25, 0.3) is 0 Å². The first kappa shape index (κ1) is 25.4. The summed E-state index contributed by atoms with van der Waals surface area (Å²) in [5.74, 6) is -4.79. The highest BCUT2D eigenvalue weighted by Gasteiger charge is 2.37. The zero-order valence-corrected chi connectivity index (χ0v) is 20.0. The van der Waals surface area contributed by atoms with Crippen molar-refractivity contribution in [2.45, 2.75) is 37.6 Å². The van der Waals surface area contributed by atoms with Crippen LogP contribution in [0.3, 0.4) is 0 Å². The summed E-state index contributed by atoms with van der Waals surface area (Å²) in [6.45, 7) is 4.94. The zero-order valence-electron chi connectivity index (χ0n) is 18.5. The summed E-state index contributed by atoms with van der Waals surface area (Å²) in [7, 11) is -3.55. The monoisotopic (exact) mass is 513 g/mol. The lowest BCUT2D eigenvalue weighted by molar-refractivity contribution is 0.0692. The third-order valence-electron chi connectivity index (χ3n) is 5.46. The summed E-state index contributed by atoms with van der Waals surface area (Å²) in [5, 5.41) is 15.0. The molecule has 10 nitrogen and oxygen atoms in total. The molecule has 2 atom stereocenters. The second-order valence-corrected chi connectivity index (χ2v) is 9.56. The first-order valence-electron chi connectivity index (χ1n) is 9.82. The lowest BCUT2D eigenvalue weighted by Crippen LogP contribution is -2.34. The molecule has 0 fully saturated rings. The molecule has 2 aromatic carbocycles. The molecule has 3 aromatic rings. The number of halogens is 2. The van der Waals surface area contributed by atoms with Crippen molar-refractivity contribution in [3.05, 3.63) is 73.8 Å². The number of carboxylic acids is 1. The molecule has 0 saturated carbocycles. The van der Waals surface area contributed by atoms with E-state index in [4.69, 9.17) is 20.8 Å². The summed E-state index contributed by atoms with van der Waals surface area (Å²) in [6.07, 6.45) is 0. The van der Waals surface area contributed by atoms with Crippen LogP contribution in [-0.4, -0.2) is 36.8 Å². The van der Waals surface area contributed by atoms with Gasteiger partial charge in [0.15, 0.2) is 0 Å². The average molecular weight is 514 g/mol. The van der Waals surface area contributed by atoms with Gasteiger partial charge in [0.1, 0.15) is 28.1 Å². The SMILES string of the molecule is COc1ccc(Cl)c(C(=O)O)c1S(=O)(=O)N[C@H](c1n[nH]c(=O)o1)[C@@H](C)c1c(F)ccc(C)c1C. The number of aromatic carboxylic acids is 1. The van der Waals surface area contributed by atoms with E-state index in [1.165, 1.54) is 25.1 Å². The van der Waals surface area contributed by atoms with E-state index in [1.54, 1.807) is 19.9 Å². The molecule has 13 heteroatoms. The van der Waals surface area contributed by atoms with Gasteiger partial charge in [-0.2, -0.15) is 4.72 Å². The van der Waals surface area contributed by atoms with Crippen LogP contribution in [-0.2, 0) is 10.0 Å². The highest BCUT2D eigenvalue weighted by atomic mass is 35.5. The maximum atomic E-state index is 14.8. The van der Waals surface area contributed by atoms with Crippen LogP contribution in [0, 0.1) is 19.7 Å². The number of sulfonamides is 1. The van der Waals surface area contributed by atoms with Gasteiger partial charge >= 0.3 is 11.7 Å².